The number of nitrogens with zero attached hydrogens (tertiary/aromatic N) is 4. The Bertz CT molecular complexity index is 491. The number of aliphatic hydroxyl groups is 1. The second kappa shape index (κ2) is 4.80. The van der Waals surface area contributed by atoms with E-state index in [1.807, 2.05) is 18.7 Å². The number of β-amino-alcohol motifs (C(OH)–C–C–N with tert-alkyl or cyclic N) is 1. The van der Waals surface area contributed by atoms with Gasteiger partial charge in [-0.05, 0) is 19.8 Å². The molecule has 1 saturated heterocycles. The lowest BCUT2D eigenvalue weighted by Gasteiger charge is -2.46. The van der Waals surface area contributed by atoms with E-state index in [9.17, 15) is 15.2 Å². The van der Waals surface area contributed by atoms with Crippen molar-refractivity contribution in [2.75, 3.05) is 18.0 Å². The van der Waals surface area contributed by atoms with Crippen molar-refractivity contribution >= 4 is 11.5 Å². The molecule has 1 aromatic rings. The van der Waals surface area contributed by atoms with Crippen molar-refractivity contribution in [1.82, 2.24) is 9.78 Å². The molecule has 0 amide bonds. The van der Waals surface area contributed by atoms with E-state index in [0.717, 1.165) is 6.42 Å². The van der Waals surface area contributed by atoms with Crippen LogP contribution >= 0.6 is 0 Å². The van der Waals surface area contributed by atoms with E-state index in [1.54, 1.807) is 11.6 Å². The molecule has 1 N–H and O–H groups in total. The summed E-state index contributed by atoms with van der Waals surface area (Å²) < 4.78 is 1.68. The third-order valence-corrected chi connectivity index (χ3v) is 3.62. The van der Waals surface area contributed by atoms with E-state index in [-0.39, 0.29) is 10.6 Å². The average Bonchev–Trinajstić information content (AvgIpc) is 2.62. The average molecular weight is 268 g/mol. The number of anilines is 1. The van der Waals surface area contributed by atoms with E-state index >= 15 is 0 Å². The molecule has 19 heavy (non-hydrogen) atoms. The number of rotatable bonds is 5. The molecule has 0 saturated carbocycles. The Hall–Kier alpha value is -1.63. The minimum Gasteiger partial charge on any atom is -0.386 e. The Labute approximate surface area is 112 Å². The van der Waals surface area contributed by atoms with Gasteiger partial charge in [0.2, 0.25) is 5.82 Å². The monoisotopic (exact) mass is 268 g/mol. The summed E-state index contributed by atoms with van der Waals surface area (Å²) in [6, 6.07) is 0. The van der Waals surface area contributed by atoms with Gasteiger partial charge in [0.15, 0.2) is 0 Å². The lowest BCUT2D eigenvalue weighted by molar-refractivity contribution is -0.384. The van der Waals surface area contributed by atoms with E-state index in [1.165, 1.54) is 0 Å². The molecular formula is C12H20N4O3. The molecule has 1 aliphatic rings. The van der Waals surface area contributed by atoms with Crippen LogP contribution < -0.4 is 4.90 Å². The summed E-state index contributed by atoms with van der Waals surface area (Å²) in [7, 11) is 0. The van der Waals surface area contributed by atoms with Crippen molar-refractivity contribution in [3.63, 3.8) is 0 Å². The summed E-state index contributed by atoms with van der Waals surface area (Å²) in [4.78, 5) is 12.7. The van der Waals surface area contributed by atoms with Crippen molar-refractivity contribution < 1.29 is 10.0 Å². The zero-order valence-electron chi connectivity index (χ0n) is 11.6. The fraction of sp³-hybridized carbons (Fsp3) is 0.750. The van der Waals surface area contributed by atoms with E-state index in [2.05, 4.69) is 5.10 Å². The molecule has 1 fully saturated rings. The summed E-state index contributed by atoms with van der Waals surface area (Å²) in [5, 5.41) is 25.5. The van der Waals surface area contributed by atoms with Crippen LogP contribution in [0.1, 0.15) is 32.4 Å². The maximum atomic E-state index is 11.2. The van der Waals surface area contributed by atoms with Crippen LogP contribution in [0.25, 0.3) is 0 Å². The molecule has 2 rings (SSSR count). The van der Waals surface area contributed by atoms with Crippen LogP contribution in [0, 0.1) is 17.0 Å². The Balaban J connectivity index is 2.35. The summed E-state index contributed by atoms with van der Waals surface area (Å²) in [6.07, 6.45) is 1.51. The van der Waals surface area contributed by atoms with Crippen molar-refractivity contribution in [2.24, 2.45) is 0 Å². The Morgan fingerprint density at radius 2 is 2.11 bits per heavy atom. The molecule has 7 heteroatoms. The smallest absolute Gasteiger partial charge is 0.333 e. The minimum absolute atomic E-state index is 0.0617. The van der Waals surface area contributed by atoms with Crippen molar-refractivity contribution in [1.29, 1.82) is 0 Å². The molecule has 0 unspecified atom stereocenters. The summed E-state index contributed by atoms with van der Waals surface area (Å²) in [5.74, 6) is 0.530. The Morgan fingerprint density at radius 3 is 2.58 bits per heavy atom. The highest BCUT2D eigenvalue weighted by atomic mass is 16.6. The molecule has 106 valence electrons. The molecule has 7 nitrogen and oxygen atoms in total. The van der Waals surface area contributed by atoms with Gasteiger partial charge in [0.25, 0.3) is 0 Å². The van der Waals surface area contributed by atoms with Gasteiger partial charge in [-0.1, -0.05) is 13.8 Å². The maximum absolute atomic E-state index is 11.2. The highest BCUT2D eigenvalue weighted by molar-refractivity contribution is 5.63. The number of hydrogen-bond donors (Lipinski definition) is 1. The Morgan fingerprint density at radius 1 is 1.47 bits per heavy atom. The predicted octanol–water partition coefficient (Wildman–Crippen LogP) is 1.47. The third kappa shape index (κ3) is 2.30. The van der Waals surface area contributed by atoms with Crippen LogP contribution in [0.5, 0.6) is 0 Å². The molecule has 0 atom stereocenters. The van der Waals surface area contributed by atoms with Gasteiger partial charge in [-0.25, -0.2) is 4.68 Å². The molecule has 1 aliphatic heterocycles. The van der Waals surface area contributed by atoms with E-state index in [4.69, 9.17) is 0 Å². The molecule has 0 bridgehead atoms. The van der Waals surface area contributed by atoms with Crippen molar-refractivity contribution in [3.05, 3.63) is 15.8 Å². The van der Waals surface area contributed by atoms with Gasteiger partial charge in [0.05, 0.1) is 23.6 Å². The molecule has 0 spiro atoms. The van der Waals surface area contributed by atoms with Gasteiger partial charge in [-0.2, -0.15) is 5.10 Å². The molecule has 1 aromatic heterocycles. The summed E-state index contributed by atoms with van der Waals surface area (Å²) >= 11 is 0. The second-order valence-corrected chi connectivity index (χ2v) is 5.17. The molecule has 0 aromatic carbocycles. The van der Waals surface area contributed by atoms with E-state index in [0.29, 0.717) is 37.6 Å². The number of hydrogen-bond acceptors (Lipinski definition) is 5. The first-order chi connectivity index (χ1) is 8.91. The first kappa shape index (κ1) is 13.8. The highest BCUT2D eigenvalue weighted by Crippen LogP contribution is 2.37. The van der Waals surface area contributed by atoms with Gasteiger partial charge >= 0.3 is 5.69 Å². The zero-order chi connectivity index (χ0) is 14.2. The van der Waals surface area contributed by atoms with Crippen LogP contribution in [-0.2, 0) is 6.54 Å². The summed E-state index contributed by atoms with van der Waals surface area (Å²) in [6.45, 7) is 7.08. The standard InChI is InChI=1S/C12H20N4O3/c1-4-6-15-11(10(16(18)19)9(3)13-15)14-7-12(17,5-2)8-14/h17H,4-8H2,1-3H3. The molecule has 0 radical (unpaired) electrons. The van der Waals surface area contributed by atoms with Gasteiger partial charge in [-0.15, -0.1) is 0 Å². The van der Waals surface area contributed by atoms with Gasteiger partial charge in [0, 0.05) is 6.54 Å². The Kier molecular flexibility index (Phi) is 3.49. The molecule has 0 aliphatic carbocycles. The zero-order valence-corrected chi connectivity index (χ0v) is 11.6. The fourth-order valence-electron chi connectivity index (χ4n) is 2.49. The fourth-order valence-corrected chi connectivity index (χ4v) is 2.49. The van der Waals surface area contributed by atoms with Crippen LogP contribution in [0.4, 0.5) is 11.5 Å². The van der Waals surface area contributed by atoms with Gasteiger partial charge in [-0.3, -0.25) is 10.1 Å². The van der Waals surface area contributed by atoms with Crippen LogP contribution in [-0.4, -0.2) is 38.5 Å². The van der Waals surface area contributed by atoms with Crippen LogP contribution in [0.2, 0.25) is 0 Å². The minimum atomic E-state index is -0.719. The van der Waals surface area contributed by atoms with Gasteiger partial charge < -0.3 is 10.0 Å². The topological polar surface area (TPSA) is 84.4 Å². The highest BCUT2D eigenvalue weighted by Gasteiger charge is 2.44. The van der Waals surface area contributed by atoms with Gasteiger partial charge in [0.1, 0.15) is 5.69 Å². The quantitative estimate of drug-likeness (QED) is 0.645. The van der Waals surface area contributed by atoms with Crippen LogP contribution in [0.3, 0.4) is 0 Å². The SMILES string of the molecule is CCCn1nc(C)c([N+](=O)[O-])c1N1CC(O)(CC)C1. The predicted molar refractivity (Wildman–Crippen MR) is 71.4 cm³/mol. The molecular weight excluding hydrogens is 248 g/mol. The van der Waals surface area contributed by atoms with Crippen LogP contribution in [0.15, 0.2) is 0 Å². The second-order valence-electron chi connectivity index (χ2n) is 5.17. The van der Waals surface area contributed by atoms with E-state index < -0.39 is 5.60 Å². The lowest BCUT2D eigenvalue weighted by atomic mass is 9.91. The normalized spacial score (nSPS) is 17.4. The largest absolute Gasteiger partial charge is 0.386 e. The van der Waals surface area contributed by atoms with Crippen molar-refractivity contribution in [3.8, 4) is 0 Å². The number of aryl methyl sites for hydroxylation is 2. The van der Waals surface area contributed by atoms with Crippen molar-refractivity contribution in [2.45, 2.75) is 45.8 Å². The number of aromatic nitrogens is 2. The third-order valence-electron chi connectivity index (χ3n) is 3.62. The number of nitro groups is 1. The maximum Gasteiger partial charge on any atom is 0.333 e. The first-order valence-electron chi connectivity index (χ1n) is 6.61. The lowest BCUT2D eigenvalue weighted by Crippen LogP contribution is -2.62. The first-order valence-corrected chi connectivity index (χ1v) is 6.61. The molecule has 2 heterocycles. The summed E-state index contributed by atoms with van der Waals surface area (Å²) in [5.41, 5.74) is -0.227.